The summed E-state index contributed by atoms with van der Waals surface area (Å²) in [6.45, 7) is 0.863. The molecule has 0 atom stereocenters. The van der Waals surface area contributed by atoms with E-state index in [4.69, 9.17) is 12.2 Å². The average molecular weight is 340 g/mol. The van der Waals surface area contributed by atoms with Crippen molar-refractivity contribution in [2.75, 3.05) is 11.4 Å². The molecule has 0 unspecified atom stereocenters. The molecule has 0 fully saturated rings. The summed E-state index contributed by atoms with van der Waals surface area (Å²) >= 11 is 7.03. The summed E-state index contributed by atoms with van der Waals surface area (Å²) in [5.74, 6) is 0.975. The predicted octanol–water partition coefficient (Wildman–Crippen LogP) is 4.32. The number of para-hydroxylation sites is 2. The Morgan fingerprint density at radius 1 is 1.04 bits per heavy atom. The van der Waals surface area contributed by atoms with Crippen molar-refractivity contribution < 1.29 is 0 Å². The van der Waals surface area contributed by atoms with E-state index in [9.17, 15) is 0 Å². The molecule has 1 N–H and O–H groups in total. The lowest BCUT2D eigenvalue weighted by atomic mass is 10.2. The van der Waals surface area contributed by atoms with Crippen LogP contribution in [0.1, 0.15) is 5.82 Å². The van der Waals surface area contributed by atoms with Gasteiger partial charge in [0.25, 0.3) is 0 Å². The molecule has 4 rings (SSSR count). The SMILES string of the molecule is Cn1c(CCN2c3ccccc3Sc3ccccc32)n[nH]c1=S. The second-order valence-corrected chi connectivity index (χ2v) is 6.91. The molecule has 1 aliphatic heterocycles. The van der Waals surface area contributed by atoms with Gasteiger partial charge in [0.05, 0.1) is 11.4 Å². The van der Waals surface area contributed by atoms with Gasteiger partial charge in [0, 0.05) is 29.8 Å². The van der Waals surface area contributed by atoms with E-state index >= 15 is 0 Å². The number of nitrogens with zero attached hydrogens (tertiary/aromatic N) is 3. The number of fused-ring (bicyclic) bond motifs is 2. The molecule has 0 saturated heterocycles. The fourth-order valence-corrected chi connectivity index (χ4v) is 4.08. The fraction of sp³-hybridized carbons (Fsp3) is 0.176. The van der Waals surface area contributed by atoms with E-state index in [2.05, 4.69) is 63.6 Å². The molecule has 0 amide bonds. The van der Waals surface area contributed by atoms with Crippen molar-refractivity contribution in [3.63, 3.8) is 0 Å². The Balaban J connectivity index is 1.70. The van der Waals surface area contributed by atoms with Crippen LogP contribution in [-0.2, 0) is 13.5 Å². The molecule has 116 valence electrons. The zero-order valence-electron chi connectivity index (χ0n) is 12.7. The highest BCUT2D eigenvalue weighted by atomic mass is 32.2. The van der Waals surface area contributed by atoms with Gasteiger partial charge >= 0.3 is 0 Å². The van der Waals surface area contributed by atoms with Crippen molar-refractivity contribution in [3.05, 3.63) is 59.1 Å². The van der Waals surface area contributed by atoms with E-state index in [-0.39, 0.29) is 0 Å². The second-order valence-electron chi connectivity index (χ2n) is 5.44. The van der Waals surface area contributed by atoms with Gasteiger partial charge in [-0.05, 0) is 36.5 Å². The van der Waals surface area contributed by atoms with Crippen LogP contribution >= 0.6 is 24.0 Å². The highest BCUT2D eigenvalue weighted by Crippen LogP contribution is 2.47. The molecule has 1 aromatic heterocycles. The summed E-state index contributed by atoms with van der Waals surface area (Å²) in [5.41, 5.74) is 2.51. The fourth-order valence-electron chi connectivity index (χ4n) is 2.84. The van der Waals surface area contributed by atoms with Crippen LogP contribution < -0.4 is 4.90 Å². The Morgan fingerprint density at radius 3 is 2.22 bits per heavy atom. The molecule has 4 nitrogen and oxygen atoms in total. The third-order valence-electron chi connectivity index (χ3n) is 4.06. The quantitative estimate of drug-likeness (QED) is 0.720. The Labute approximate surface area is 144 Å². The first-order valence-electron chi connectivity index (χ1n) is 7.48. The number of rotatable bonds is 3. The first-order valence-corrected chi connectivity index (χ1v) is 8.70. The highest BCUT2D eigenvalue weighted by Gasteiger charge is 2.22. The standard InChI is InChI=1S/C17H16N4S2/c1-20-16(18-19-17(20)22)10-11-21-12-6-2-4-8-14(12)23-15-9-5-3-7-13(15)21/h2-9H,10-11H2,1H3,(H,19,22). The van der Waals surface area contributed by atoms with Crippen LogP contribution in [0.2, 0.25) is 0 Å². The van der Waals surface area contributed by atoms with Gasteiger partial charge in [-0.1, -0.05) is 36.0 Å². The maximum atomic E-state index is 5.20. The van der Waals surface area contributed by atoms with Gasteiger partial charge in [0.1, 0.15) is 5.82 Å². The summed E-state index contributed by atoms with van der Waals surface area (Å²) in [7, 11) is 1.95. The smallest absolute Gasteiger partial charge is 0.194 e. The number of anilines is 2. The Kier molecular flexibility index (Phi) is 3.71. The number of benzene rings is 2. The molecule has 0 bridgehead atoms. The van der Waals surface area contributed by atoms with Crippen molar-refractivity contribution in [1.82, 2.24) is 14.8 Å². The van der Waals surface area contributed by atoms with Crippen LogP contribution in [-0.4, -0.2) is 21.3 Å². The van der Waals surface area contributed by atoms with E-state index in [0.29, 0.717) is 4.77 Å². The molecule has 2 aromatic carbocycles. The molecule has 0 spiro atoms. The summed E-state index contributed by atoms with van der Waals surface area (Å²) in [6, 6.07) is 17.1. The molecule has 6 heteroatoms. The van der Waals surface area contributed by atoms with Crippen molar-refractivity contribution in [3.8, 4) is 0 Å². The van der Waals surface area contributed by atoms with E-state index in [1.165, 1.54) is 21.2 Å². The van der Waals surface area contributed by atoms with Crippen LogP contribution in [0.5, 0.6) is 0 Å². The van der Waals surface area contributed by atoms with Gasteiger partial charge in [-0.2, -0.15) is 5.10 Å². The van der Waals surface area contributed by atoms with E-state index in [0.717, 1.165) is 18.8 Å². The van der Waals surface area contributed by atoms with Crippen LogP contribution in [0, 0.1) is 4.77 Å². The summed E-state index contributed by atoms with van der Waals surface area (Å²) in [6.07, 6.45) is 0.830. The van der Waals surface area contributed by atoms with Crippen molar-refractivity contribution in [1.29, 1.82) is 0 Å². The Morgan fingerprint density at radius 2 is 1.65 bits per heavy atom. The Hall–Kier alpha value is -2.05. The summed E-state index contributed by atoms with van der Waals surface area (Å²) < 4.78 is 2.60. The summed E-state index contributed by atoms with van der Waals surface area (Å²) in [4.78, 5) is 4.96. The van der Waals surface area contributed by atoms with E-state index in [1.54, 1.807) is 0 Å². The highest BCUT2D eigenvalue weighted by molar-refractivity contribution is 7.99. The Bertz CT molecular complexity index is 867. The molecular weight excluding hydrogens is 324 g/mol. The summed E-state index contributed by atoms with van der Waals surface area (Å²) in [5, 5.41) is 7.18. The topological polar surface area (TPSA) is 36.9 Å². The van der Waals surface area contributed by atoms with Crippen LogP contribution in [0.4, 0.5) is 11.4 Å². The third-order valence-corrected chi connectivity index (χ3v) is 5.56. The lowest BCUT2D eigenvalue weighted by Crippen LogP contribution is -2.24. The van der Waals surface area contributed by atoms with Crippen molar-refractivity contribution in [2.45, 2.75) is 16.2 Å². The van der Waals surface area contributed by atoms with Crippen molar-refractivity contribution >= 4 is 35.4 Å². The second kappa shape index (κ2) is 5.86. The van der Waals surface area contributed by atoms with Gasteiger partial charge in [-0.15, -0.1) is 0 Å². The number of H-pyrrole nitrogens is 1. The predicted molar refractivity (Wildman–Crippen MR) is 96.1 cm³/mol. The van der Waals surface area contributed by atoms with Gasteiger partial charge in [0.2, 0.25) is 0 Å². The van der Waals surface area contributed by atoms with Crippen LogP contribution in [0.15, 0.2) is 58.3 Å². The van der Waals surface area contributed by atoms with Crippen molar-refractivity contribution in [2.24, 2.45) is 7.05 Å². The molecule has 0 saturated carbocycles. The van der Waals surface area contributed by atoms with Gasteiger partial charge in [0.15, 0.2) is 4.77 Å². The zero-order chi connectivity index (χ0) is 15.8. The minimum atomic E-state index is 0.662. The average Bonchev–Trinajstić information content (AvgIpc) is 2.90. The van der Waals surface area contributed by atoms with E-state index < -0.39 is 0 Å². The largest absolute Gasteiger partial charge is 0.339 e. The third kappa shape index (κ3) is 2.58. The molecule has 1 aliphatic rings. The van der Waals surface area contributed by atoms with Crippen LogP contribution in [0.25, 0.3) is 0 Å². The molecule has 23 heavy (non-hydrogen) atoms. The number of nitrogens with one attached hydrogen (secondary N) is 1. The number of hydrogen-bond donors (Lipinski definition) is 1. The molecule has 0 aliphatic carbocycles. The number of aromatic amines is 1. The van der Waals surface area contributed by atoms with Gasteiger partial charge in [-0.25, -0.2) is 0 Å². The first-order chi connectivity index (χ1) is 11.2. The monoisotopic (exact) mass is 340 g/mol. The molecule has 2 heterocycles. The molecule has 0 radical (unpaired) electrons. The lowest BCUT2D eigenvalue weighted by molar-refractivity contribution is 0.757. The maximum Gasteiger partial charge on any atom is 0.194 e. The van der Waals surface area contributed by atoms with Gasteiger partial charge < -0.3 is 9.47 Å². The number of aromatic nitrogens is 3. The van der Waals surface area contributed by atoms with E-state index in [1.807, 2.05) is 23.4 Å². The zero-order valence-corrected chi connectivity index (χ0v) is 14.3. The normalized spacial score (nSPS) is 12.8. The minimum absolute atomic E-state index is 0.662. The first kappa shape index (κ1) is 14.5. The van der Waals surface area contributed by atoms with Crippen LogP contribution in [0.3, 0.4) is 0 Å². The number of hydrogen-bond acceptors (Lipinski definition) is 4. The minimum Gasteiger partial charge on any atom is -0.339 e. The molecule has 3 aromatic rings. The lowest BCUT2D eigenvalue weighted by Gasteiger charge is -2.32. The maximum absolute atomic E-state index is 5.20. The van der Waals surface area contributed by atoms with Gasteiger partial charge in [-0.3, -0.25) is 5.10 Å². The molecular formula is C17H16N4S2.